The Bertz CT molecular complexity index is 881. The number of benzene rings is 2. The second-order valence-electron chi connectivity index (χ2n) is 7.03. The van der Waals surface area contributed by atoms with Gasteiger partial charge in [-0.2, -0.15) is 5.26 Å². The first-order valence-corrected chi connectivity index (χ1v) is 9.16. The quantitative estimate of drug-likeness (QED) is 0.566. The van der Waals surface area contributed by atoms with Crippen LogP contribution in [0.25, 0.3) is 11.1 Å². The van der Waals surface area contributed by atoms with Crippen LogP contribution in [0.2, 0.25) is 0 Å². The summed E-state index contributed by atoms with van der Waals surface area (Å²) in [6.45, 7) is 7.07. The van der Waals surface area contributed by atoms with Gasteiger partial charge >= 0.3 is 0 Å². The average molecular weight is 347 g/mol. The smallest absolute Gasteiger partial charge is 0.192 e. The number of rotatable bonds is 4. The predicted octanol–water partition coefficient (Wildman–Crippen LogP) is 6.16. The number of nitriles is 1. The van der Waals surface area contributed by atoms with Gasteiger partial charge < -0.3 is 4.74 Å². The molecule has 0 spiro atoms. The lowest BCUT2D eigenvalue weighted by Gasteiger charge is -2.19. The molecule has 0 N–H and O–H groups in total. The summed E-state index contributed by atoms with van der Waals surface area (Å²) in [4.78, 5) is 0. The van der Waals surface area contributed by atoms with Gasteiger partial charge in [0.25, 0.3) is 0 Å². The Morgan fingerprint density at radius 3 is 2.28 bits per heavy atom. The van der Waals surface area contributed by atoms with E-state index in [9.17, 15) is 5.26 Å². The molecule has 0 aliphatic carbocycles. The number of hydrogen-bond acceptors (Lipinski definition) is 3. The molecule has 25 heavy (non-hydrogen) atoms. The zero-order chi connectivity index (χ0) is 17.9. The largest absolute Gasteiger partial charge is 0.478 e. The third-order valence-corrected chi connectivity index (χ3v) is 5.03. The molecule has 2 aromatic carbocycles. The van der Waals surface area contributed by atoms with Gasteiger partial charge in [-0.3, -0.25) is 0 Å². The van der Waals surface area contributed by atoms with Gasteiger partial charge in [-0.1, -0.05) is 75.4 Å². The average Bonchev–Trinajstić information content (AvgIpc) is 3.03. The Labute approximate surface area is 153 Å². The third-order valence-electron chi connectivity index (χ3n) is 4.14. The van der Waals surface area contributed by atoms with Crippen LogP contribution >= 0.6 is 11.3 Å². The molecule has 2 nitrogen and oxygen atoms in total. The van der Waals surface area contributed by atoms with E-state index in [0.29, 0.717) is 17.2 Å². The van der Waals surface area contributed by atoms with E-state index in [0.717, 1.165) is 16.7 Å². The van der Waals surface area contributed by atoms with Crippen molar-refractivity contribution in [1.29, 1.82) is 5.26 Å². The molecule has 3 rings (SSSR count). The summed E-state index contributed by atoms with van der Waals surface area (Å²) >= 11 is 1.48. The van der Waals surface area contributed by atoms with Gasteiger partial charge in [-0.05, 0) is 22.1 Å². The van der Waals surface area contributed by atoms with E-state index in [1.165, 1.54) is 16.9 Å². The van der Waals surface area contributed by atoms with Crippen molar-refractivity contribution in [2.24, 2.45) is 0 Å². The highest BCUT2D eigenvalue weighted by atomic mass is 32.1. The second kappa shape index (κ2) is 7.13. The number of thiophene rings is 1. The topological polar surface area (TPSA) is 33.0 Å². The lowest BCUT2D eigenvalue weighted by Crippen LogP contribution is -2.10. The maximum atomic E-state index is 9.55. The predicted molar refractivity (Wildman–Crippen MR) is 104 cm³/mol. The molecule has 3 aromatic rings. The van der Waals surface area contributed by atoms with Gasteiger partial charge in [-0.15, -0.1) is 11.3 Å². The van der Waals surface area contributed by atoms with Crippen molar-refractivity contribution < 1.29 is 4.74 Å². The van der Waals surface area contributed by atoms with Crippen molar-refractivity contribution in [3.8, 4) is 22.3 Å². The lowest BCUT2D eigenvalue weighted by molar-refractivity contribution is 0.315. The minimum atomic E-state index is 0.145. The minimum absolute atomic E-state index is 0.145. The fourth-order valence-corrected chi connectivity index (χ4v) is 3.51. The van der Waals surface area contributed by atoms with Crippen LogP contribution in [0.15, 0.2) is 60.0 Å². The molecule has 126 valence electrons. The van der Waals surface area contributed by atoms with E-state index in [-0.39, 0.29) is 5.41 Å². The fraction of sp³-hybridized carbons (Fsp3) is 0.227. The fourth-order valence-electron chi connectivity index (χ4n) is 2.63. The van der Waals surface area contributed by atoms with Crippen molar-refractivity contribution in [2.75, 3.05) is 0 Å². The Balaban J connectivity index is 1.76. The molecule has 0 saturated carbocycles. The third kappa shape index (κ3) is 3.92. The van der Waals surface area contributed by atoms with E-state index in [2.05, 4.69) is 51.1 Å². The van der Waals surface area contributed by atoms with Gasteiger partial charge in [0.1, 0.15) is 18.2 Å². The normalized spacial score (nSPS) is 11.1. The second-order valence-corrected chi connectivity index (χ2v) is 7.87. The van der Waals surface area contributed by atoms with Gasteiger partial charge in [0.15, 0.2) is 5.06 Å². The van der Waals surface area contributed by atoms with Crippen LogP contribution < -0.4 is 4.74 Å². The van der Waals surface area contributed by atoms with Gasteiger partial charge in [0.05, 0.1) is 0 Å². The van der Waals surface area contributed by atoms with Crippen LogP contribution in [0, 0.1) is 11.3 Å². The maximum Gasteiger partial charge on any atom is 0.192 e. The van der Waals surface area contributed by atoms with Crippen LogP contribution in [0.4, 0.5) is 0 Å². The number of ether oxygens (including phenoxy) is 1. The molecule has 0 unspecified atom stereocenters. The molecule has 0 fully saturated rings. The van der Waals surface area contributed by atoms with Crippen LogP contribution in [0.3, 0.4) is 0 Å². The van der Waals surface area contributed by atoms with E-state index in [1.807, 2.05) is 35.7 Å². The zero-order valence-corrected chi connectivity index (χ0v) is 15.6. The molecule has 0 aliphatic heterocycles. The molecule has 0 saturated heterocycles. The number of nitrogens with zero attached hydrogens (tertiary/aromatic N) is 1. The first kappa shape index (κ1) is 17.3. The summed E-state index contributed by atoms with van der Waals surface area (Å²) in [6, 6.07) is 20.7. The number of hydrogen-bond donors (Lipinski definition) is 0. The Kier molecular flexibility index (Phi) is 4.92. The Morgan fingerprint density at radius 2 is 1.68 bits per heavy atom. The maximum absolute atomic E-state index is 9.55. The highest BCUT2D eigenvalue weighted by Gasteiger charge is 2.15. The summed E-state index contributed by atoms with van der Waals surface area (Å²) in [5.74, 6) is 0. The molecule has 0 amide bonds. The van der Waals surface area contributed by atoms with Crippen molar-refractivity contribution in [1.82, 2.24) is 0 Å². The molecule has 0 bridgehead atoms. The molecule has 0 aliphatic rings. The van der Waals surface area contributed by atoms with E-state index in [1.54, 1.807) is 0 Å². The standard InChI is InChI=1S/C22H21NOS/c1-22(2,3)18-11-9-16(10-12-18)14-24-21-19(13-23)20(15-25-21)17-7-5-4-6-8-17/h4-12,15H,14H2,1-3H3. The molecule has 3 heteroatoms. The van der Waals surface area contributed by atoms with E-state index >= 15 is 0 Å². The monoisotopic (exact) mass is 347 g/mol. The van der Waals surface area contributed by atoms with Crippen LogP contribution in [-0.2, 0) is 12.0 Å². The summed E-state index contributed by atoms with van der Waals surface area (Å²) < 4.78 is 5.94. The summed E-state index contributed by atoms with van der Waals surface area (Å²) in [5, 5.41) is 12.2. The summed E-state index contributed by atoms with van der Waals surface area (Å²) in [7, 11) is 0. The molecular formula is C22H21NOS. The van der Waals surface area contributed by atoms with Gasteiger partial charge in [-0.25, -0.2) is 0 Å². The summed E-state index contributed by atoms with van der Waals surface area (Å²) in [6.07, 6.45) is 0. The Hall–Kier alpha value is -2.57. The van der Waals surface area contributed by atoms with E-state index < -0.39 is 0 Å². The highest BCUT2D eigenvalue weighted by molar-refractivity contribution is 7.12. The molecule has 0 atom stereocenters. The molecular weight excluding hydrogens is 326 g/mol. The van der Waals surface area contributed by atoms with Crippen molar-refractivity contribution in [2.45, 2.75) is 32.8 Å². The first-order chi connectivity index (χ1) is 12.0. The first-order valence-electron chi connectivity index (χ1n) is 8.28. The van der Waals surface area contributed by atoms with Gasteiger partial charge in [0, 0.05) is 10.9 Å². The molecule has 1 aromatic heterocycles. The SMILES string of the molecule is CC(C)(C)c1ccc(COc2scc(-c3ccccc3)c2C#N)cc1. The van der Waals surface area contributed by atoms with Crippen LogP contribution in [0.1, 0.15) is 37.5 Å². The molecule has 0 radical (unpaired) electrons. The summed E-state index contributed by atoms with van der Waals surface area (Å²) in [5.41, 5.74) is 5.14. The van der Waals surface area contributed by atoms with Gasteiger partial charge in [0.2, 0.25) is 0 Å². The van der Waals surface area contributed by atoms with Crippen molar-refractivity contribution in [3.63, 3.8) is 0 Å². The lowest BCUT2D eigenvalue weighted by atomic mass is 9.87. The van der Waals surface area contributed by atoms with Crippen LogP contribution in [0.5, 0.6) is 5.06 Å². The molecule has 1 heterocycles. The van der Waals surface area contributed by atoms with Crippen molar-refractivity contribution >= 4 is 11.3 Å². The van der Waals surface area contributed by atoms with Crippen molar-refractivity contribution in [3.05, 3.63) is 76.7 Å². The van der Waals surface area contributed by atoms with E-state index in [4.69, 9.17) is 4.74 Å². The highest BCUT2D eigenvalue weighted by Crippen LogP contribution is 2.37. The van der Waals surface area contributed by atoms with Crippen LogP contribution in [-0.4, -0.2) is 0 Å². The zero-order valence-electron chi connectivity index (χ0n) is 14.7. The minimum Gasteiger partial charge on any atom is -0.478 e. The Morgan fingerprint density at radius 1 is 1.00 bits per heavy atom.